The monoisotopic (exact) mass is 275 g/mol. The van der Waals surface area contributed by atoms with Crippen molar-refractivity contribution in [3.8, 4) is 0 Å². The van der Waals surface area contributed by atoms with E-state index in [-0.39, 0.29) is 0 Å². The Kier molecular flexibility index (Phi) is 4.31. The van der Waals surface area contributed by atoms with Crippen LogP contribution in [0.2, 0.25) is 0 Å². The van der Waals surface area contributed by atoms with Crippen LogP contribution in [0.5, 0.6) is 0 Å². The molecule has 0 aliphatic heterocycles. The molecular weight excluding hydrogens is 258 g/mol. The molecule has 0 spiro atoms. The Labute approximate surface area is 117 Å². The van der Waals surface area contributed by atoms with Gasteiger partial charge in [-0.1, -0.05) is 13.3 Å². The first-order valence-electron chi connectivity index (χ1n) is 6.19. The van der Waals surface area contributed by atoms with Gasteiger partial charge in [-0.05, 0) is 38.1 Å². The van der Waals surface area contributed by atoms with Gasteiger partial charge in [-0.2, -0.15) is 0 Å². The van der Waals surface area contributed by atoms with Crippen LogP contribution in [-0.2, 0) is 6.42 Å². The maximum absolute atomic E-state index is 5.92. The van der Waals surface area contributed by atoms with E-state index in [1.165, 1.54) is 18.1 Å². The van der Waals surface area contributed by atoms with E-state index in [1.54, 1.807) is 0 Å². The second-order valence-corrected chi connectivity index (χ2v) is 5.28. The largest absolute Gasteiger partial charge is 0.383 e. The van der Waals surface area contributed by atoms with Gasteiger partial charge in [0.15, 0.2) is 5.16 Å². The van der Waals surface area contributed by atoms with Crippen molar-refractivity contribution in [3.63, 3.8) is 0 Å². The molecule has 0 saturated carbocycles. The fourth-order valence-corrected chi connectivity index (χ4v) is 2.79. The van der Waals surface area contributed by atoms with E-state index in [0.717, 1.165) is 34.8 Å². The first-order chi connectivity index (χ1) is 9.10. The highest BCUT2D eigenvalue weighted by Crippen LogP contribution is 2.29. The van der Waals surface area contributed by atoms with Gasteiger partial charge < -0.3 is 5.73 Å². The number of nitrogen functional groups attached to an aromatic ring is 1. The fourth-order valence-electron chi connectivity index (χ4n) is 1.81. The molecule has 0 aromatic carbocycles. The van der Waals surface area contributed by atoms with Crippen LogP contribution in [-0.4, -0.2) is 19.9 Å². The van der Waals surface area contributed by atoms with E-state index in [9.17, 15) is 0 Å². The third kappa shape index (κ3) is 3.41. The maximum Gasteiger partial charge on any atom is 0.194 e. The average Bonchev–Trinajstić information content (AvgIpc) is 2.32. The summed E-state index contributed by atoms with van der Waals surface area (Å²) in [6.45, 7) is 6.02. The van der Waals surface area contributed by atoms with Crippen LogP contribution < -0.4 is 5.73 Å². The van der Waals surface area contributed by atoms with Crippen molar-refractivity contribution in [2.24, 2.45) is 0 Å². The molecule has 6 heteroatoms. The Balaban J connectivity index is 2.34. The maximum atomic E-state index is 5.92. The molecule has 19 heavy (non-hydrogen) atoms. The van der Waals surface area contributed by atoms with Crippen molar-refractivity contribution in [3.05, 3.63) is 29.3 Å². The van der Waals surface area contributed by atoms with Crippen molar-refractivity contribution in [2.75, 3.05) is 5.73 Å². The first-order valence-corrected chi connectivity index (χ1v) is 7.01. The summed E-state index contributed by atoms with van der Waals surface area (Å²) >= 11 is 1.44. The number of nitrogens with two attached hydrogens (primary N) is 1. The molecule has 0 aliphatic rings. The minimum atomic E-state index is 0.545. The Bertz CT molecular complexity index is 565. The van der Waals surface area contributed by atoms with Gasteiger partial charge in [-0.15, -0.1) is 0 Å². The molecule has 0 radical (unpaired) electrons. The quantitative estimate of drug-likeness (QED) is 0.682. The van der Waals surface area contributed by atoms with Gasteiger partial charge in [-0.25, -0.2) is 19.9 Å². The summed E-state index contributed by atoms with van der Waals surface area (Å²) < 4.78 is 0. The molecule has 0 atom stereocenters. The highest BCUT2D eigenvalue weighted by atomic mass is 32.2. The van der Waals surface area contributed by atoms with Crippen LogP contribution in [0.15, 0.2) is 22.6 Å². The zero-order valence-corrected chi connectivity index (χ0v) is 12.2. The Morgan fingerprint density at radius 1 is 1.16 bits per heavy atom. The summed E-state index contributed by atoms with van der Waals surface area (Å²) in [4.78, 5) is 17.2. The van der Waals surface area contributed by atoms with E-state index >= 15 is 0 Å². The van der Waals surface area contributed by atoms with E-state index < -0.39 is 0 Å². The summed E-state index contributed by atoms with van der Waals surface area (Å²) in [5, 5.41) is 1.55. The number of aryl methyl sites for hydroxylation is 2. The zero-order valence-electron chi connectivity index (χ0n) is 11.3. The van der Waals surface area contributed by atoms with Crippen LogP contribution in [0.4, 0.5) is 5.82 Å². The molecule has 0 amide bonds. The second-order valence-electron chi connectivity index (χ2n) is 4.33. The Morgan fingerprint density at radius 3 is 2.47 bits per heavy atom. The molecule has 0 fully saturated rings. The predicted octanol–water partition coefficient (Wildman–Crippen LogP) is 2.57. The number of hydrogen-bond acceptors (Lipinski definition) is 6. The molecule has 0 unspecified atom stereocenters. The second kappa shape index (κ2) is 5.97. The minimum Gasteiger partial charge on any atom is -0.383 e. The molecule has 2 heterocycles. The lowest BCUT2D eigenvalue weighted by atomic mass is 10.2. The minimum absolute atomic E-state index is 0.545. The smallest absolute Gasteiger partial charge is 0.194 e. The van der Waals surface area contributed by atoms with Crippen molar-refractivity contribution in [1.29, 1.82) is 0 Å². The Hall–Kier alpha value is -1.69. The Morgan fingerprint density at radius 2 is 1.84 bits per heavy atom. The van der Waals surface area contributed by atoms with E-state index in [4.69, 9.17) is 5.73 Å². The number of nitrogens with zero attached hydrogens (tertiary/aromatic N) is 4. The normalized spacial score (nSPS) is 10.7. The van der Waals surface area contributed by atoms with Gasteiger partial charge >= 0.3 is 0 Å². The van der Waals surface area contributed by atoms with Gasteiger partial charge in [0, 0.05) is 17.0 Å². The molecule has 2 aromatic heterocycles. The first kappa shape index (κ1) is 13.7. The fraction of sp³-hybridized carbons (Fsp3) is 0.385. The molecular formula is C13H17N5S. The van der Waals surface area contributed by atoms with Crippen molar-refractivity contribution in [1.82, 2.24) is 19.9 Å². The van der Waals surface area contributed by atoms with Crippen molar-refractivity contribution in [2.45, 2.75) is 43.8 Å². The summed E-state index contributed by atoms with van der Waals surface area (Å²) in [5.41, 5.74) is 8.81. The molecule has 0 saturated heterocycles. The number of hydrogen-bond donors (Lipinski definition) is 1. The zero-order chi connectivity index (χ0) is 13.8. The topological polar surface area (TPSA) is 77.6 Å². The van der Waals surface area contributed by atoms with Crippen LogP contribution in [0.1, 0.15) is 30.3 Å². The molecule has 2 aromatic rings. The standard InChI is InChI=1S/C13H17N5S/c1-4-5-10-11(14)15-7-16-12(10)19-13-17-8(2)6-9(3)18-13/h6-7H,4-5H2,1-3H3,(H2,14,15,16). The predicted molar refractivity (Wildman–Crippen MR) is 76.1 cm³/mol. The lowest BCUT2D eigenvalue weighted by Crippen LogP contribution is -2.02. The van der Waals surface area contributed by atoms with Crippen molar-refractivity contribution < 1.29 is 0 Å². The van der Waals surface area contributed by atoms with E-state index in [1.807, 2.05) is 19.9 Å². The van der Waals surface area contributed by atoms with Crippen LogP contribution >= 0.6 is 11.8 Å². The van der Waals surface area contributed by atoms with Gasteiger partial charge in [0.25, 0.3) is 0 Å². The van der Waals surface area contributed by atoms with E-state index in [2.05, 4.69) is 26.9 Å². The molecule has 100 valence electrons. The van der Waals surface area contributed by atoms with Crippen LogP contribution in [0.3, 0.4) is 0 Å². The number of anilines is 1. The van der Waals surface area contributed by atoms with Crippen LogP contribution in [0, 0.1) is 13.8 Å². The third-order valence-electron chi connectivity index (χ3n) is 2.59. The number of rotatable bonds is 4. The summed E-state index contributed by atoms with van der Waals surface area (Å²) in [5.74, 6) is 0.545. The number of aromatic nitrogens is 4. The molecule has 2 N–H and O–H groups in total. The third-order valence-corrected chi connectivity index (χ3v) is 3.50. The van der Waals surface area contributed by atoms with E-state index in [0.29, 0.717) is 11.0 Å². The highest BCUT2D eigenvalue weighted by molar-refractivity contribution is 7.99. The van der Waals surface area contributed by atoms with Gasteiger partial charge in [0.05, 0.1) is 0 Å². The summed E-state index contributed by atoms with van der Waals surface area (Å²) in [6, 6.07) is 1.95. The summed E-state index contributed by atoms with van der Waals surface area (Å²) in [6.07, 6.45) is 3.35. The van der Waals surface area contributed by atoms with Gasteiger partial charge in [0.2, 0.25) is 0 Å². The lowest BCUT2D eigenvalue weighted by molar-refractivity contribution is 0.852. The van der Waals surface area contributed by atoms with Crippen molar-refractivity contribution >= 4 is 17.6 Å². The molecule has 5 nitrogen and oxygen atoms in total. The van der Waals surface area contributed by atoms with Gasteiger partial charge in [-0.3, -0.25) is 0 Å². The lowest BCUT2D eigenvalue weighted by Gasteiger charge is -2.08. The average molecular weight is 275 g/mol. The summed E-state index contributed by atoms with van der Waals surface area (Å²) in [7, 11) is 0. The van der Waals surface area contributed by atoms with Gasteiger partial charge in [0.1, 0.15) is 17.2 Å². The molecule has 0 bridgehead atoms. The van der Waals surface area contributed by atoms with Crippen LogP contribution in [0.25, 0.3) is 0 Å². The highest BCUT2D eigenvalue weighted by Gasteiger charge is 2.12. The SMILES string of the molecule is CCCc1c(N)ncnc1Sc1nc(C)cc(C)n1. The molecule has 2 rings (SSSR count). The molecule has 0 aliphatic carbocycles.